The molecule has 2 aliphatic heterocycles. The molecule has 4 heterocycles. The number of fused-ring (bicyclic) bond motifs is 1. The van der Waals surface area contributed by atoms with Crippen LogP contribution in [-0.4, -0.2) is 63.4 Å². The first-order chi connectivity index (χ1) is 15.1. The topological polar surface area (TPSA) is 82.8 Å². The summed E-state index contributed by atoms with van der Waals surface area (Å²) in [7, 11) is 0. The molecular formula is C22H22N6O2S. The number of rotatable bonds is 4. The highest BCUT2D eigenvalue weighted by Gasteiger charge is 2.25. The van der Waals surface area contributed by atoms with E-state index in [2.05, 4.69) is 56.4 Å². The van der Waals surface area contributed by atoms with Gasteiger partial charge >= 0.3 is 0 Å². The number of amides is 2. The Hall–Kier alpha value is -3.17. The molecule has 2 aliphatic rings. The van der Waals surface area contributed by atoms with Crippen LogP contribution in [0.3, 0.4) is 0 Å². The lowest BCUT2D eigenvalue weighted by Crippen LogP contribution is -2.46. The molecule has 5 rings (SSSR count). The van der Waals surface area contributed by atoms with Gasteiger partial charge in [0.2, 0.25) is 0 Å². The zero-order valence-electron chi connectivity index (χ0n) is 17.1. The lowest BCUT2D eigenvalue weighted by molar-refractivity contribution is -0.115. The number of hydrogen-bond acceptors (Lipinski definition) is 7. The Bertz CT molecular complexity index is 1180. The molecule has 1 aromatic carbocycles. The zero-order valence-corrected chi connectivity index (χ0v) is 17.9. The molecule has 158 valence electrons. The number of nitrogens with zero attached hydrogens (tertiary/aromatic N) is 5. The Morgan fingerprint density at radius 1 is 1.06 bits per heavy atom. The zero-order chi connectivity index (χ0) is 21.4. The molecule has 0 atom stereocenters. The summed E-state index contributed by atoms with van der Waals surface area (Å²) in [5.41, 5.74) is 4.42. The largest absolute Gasteiger partial charge is 0.369 e. The minimum absolute atomic E-state index is 0.339. The van der Waals surface area contributed by atoms with E-state index in [9.17, 15) is 9.59 Å². The first-order valence-electron chi connectivity index (χ1n) is 10.3. The molecule has 0 aliphatic carbocycles. The molecule has 0 bridgehead atoms. The summed E-state index contributed by atoms with van der Waals surface area (Å²) in [5, 5.41) is 6.52. The molecule has 2 fully saturated rings. The number of aromatic nitrogens is 3. The molecule has 8 nitrogen and oxygen atoms in total. The normalized spacial score (nSPS) is 18.9. The van der Waals surface area contributed by atoms with E-state index in [0.717, 1.165) is 61.4 Å². The van der Waals surface area contributed by atoms with Crippen LogP contribution in [0.2, 0.25) is 0 Å². The van der Waals surface area contributed by atoms with Gasteiger partial charge in [0.15, 0.2) is 5.65 Å². The van der Waals surface area contributed by atoms with Gasteiger partial charge in [-0.25, -0.2) is 9.50 Å². The van der Waals surface area contributed by atoms with Gasteiger partial charge in [0.25, 0.3) is 11.1 Å². The predicted molar refractivity (Wildman–Crippen MR) is 122 cm³/mol. The Balaban J connectivity index is 1.41. The molecule has 2 amide bonds. The maximum atomic E-state index is 11.8. The SMILES string of the molecule is CCN1CCN(c2ccc(-c3cnc4ccc(C=C5SC(=O)NC5=O)nn34)cc2)CC1. The number of nitrogens with one attached hydrogen (secondary N) is 1. The molecule has 31 heavy (non-hydrogen) atoms. The van der Waals surface area contributed by atoms with Crippen LogP contribution in [0.1, 0.15) is 12.6 Å². The van der Waals surface area contributed by atoms with Gasteiger partial charge < -0.3 is 9.80 Å². The molecule has 0 spiro atoms. The van der Waals surface area contributed by atoms with Crippen molar-refractivity contribution in [2.45, 2.75) is 6.92 Å². The van der Waals surface area contributed by atoms with Crippen molar-refractivity contribution in [2.24, 2.45) is 0 Å². The summed E-state index contributed by atoms with van der Waals surface area (Å²) in [5.74, 6) is -0.391. The number of carbonyl (C=O) groups is 2. The van der Waals surface area contributed by atoms with E-state index >= 15 is 0 Å². The molecule has 9 heteroatoms. The number of likely N-dealkylation sites (N-methyl/N-ethyl adjacent to an activating group) is 1. The van der Waals surface area contributed by atoms with Crippen LogP contribution in [-0.2, 0) is 4.79 Å². The summed E-state index contributed by atoms with van der Waals surface area (Å²) < 4.78 is 1.76. The van der Waals surface area contributed by atoms with Crippen LogP contribution in [0.4, 0.5) is 10.5 Å². The minimum Gasteiger partial charge on any atom is -0.369 e. The lowest BCUT2D eigenvalue weighted by Gasteiger charge is -2.35. The number of hydrogen-bond donors (Lipinski definition) is 1. The van der Waals surface area contributed by atoms with Crippen molar-refractivity contribution in [3.8, 4) is 11.3 Å². The van der Waals surface area contributed by atoms with Crippen molar-refractivity contribution in [2.75, 3.05) is 37.6 Å². The third-order valence-corrected chi connectivity index (χ3v) is 6.46. The Morgan fingerprint density at radius 2 is 1.84 bits per heavy atom. The fraction of sp³-hybridized carbons (Fsp3) is 0.273. The molecule has 0 radical (unpaired) electrons. The lowest BCUT2D eigenvalue weighted by atomic mass is 10.1. The maximum absolute atomic E-state index is 11.8. The van der Waals surface area contributed by atoms with Crippen LogP contribution in [0.25, 0.3) is 23.0 Å². The smallest absolute Gasteiger partial charge is 0.290 e. The molecule has 0 saturated carbocycles. The average Bonchev–Trinajstić information content (AvgIpc) is 3.36. The third kappa shape index (κ3) is 3.94. The Kier molecular flexibility index (Phi) is 5.21. The molecule has 1 N–H and O–H groups in total. The van der Waals surface area contributed by atoms with Crippen LogP contribution in [0.15, 0.2) is 47.5 Å². The molecule has 2 saturated heterocycles. The van der Waals surface area contributed by atoms with Gasteiger partial charge in [-0.05, 0) is 48.6 Å². The highest BCUT2D eigenvalue weighted by atomic mass is 32.2. The van der Waals surface area contributed by atoms with E-state index in [1.54, 1.807) is 22.9 Å². The number of thioether (sulfide) groups is 1. The second-order valence-electron chi connectivity index (χ2n) is 7.49. The molecule has 3 aromatic rings. The van der Waals surface area contributed by atoms with E-state index in [4.69, 9.17) is 0 Å². The van der Waals surface area contributed by atoms with E-state index < -0.39 is 5.91 Å². The average molecular weight is 435 g/mol. The van der Waals surface area contributed by atoms with Gasteiger partial charge in [-0.15, -0.1) is 0 Å². The van der Waals surface area contributed by atoms with Crippen LogP contribution >= 0.6 is 11.8 Å². The van der Waals surface area contributed by atoms with Crippen molar-refractivity contribution in [1.82, 2.24) is 24.8 Å². The van der Waals surface area contributed by atoms with Crippen LogP contribution < -0.4 is 10.2 Å². The van der Waals surface area contributed by atoms with Crippen molar-refractivity contribution in [1.29, 1.82) is 0 Å². The summed E-state index contributed by atoms with van der Waals surface area (Å²) in [6, 6.07) is 12.1. The van der Waals surface area contributed by atoms with Gasteiger partial charge in [-0.1, -0.05) is 19.1 Å². The number of anilines is 1. The Morgan fingerprint density at radius 3 is 2.52 bits per heavy atom. The van der Waals surface area contributed by atoms with Crippen molar-refractivity contribution >= 4 is 40.3 Å². The molecule has 2 aromatic heterocycles. The van der Waals surface area contributed by atoms with E-state index in [0.29, 0.717) is 10.6 Å². The van der Waals surface area contributed by atoms with Crippen molar-refractivity contribution in [3.05, 3.63) is 53.2 Å². The van der Waals surface area contributed by atoms with Crippen LogP contribution in [0.5, 0.6) is 0 Å². The fourth-order valence-electron chi connectivity index (χ4n) is 3.88. The number of benzene rings is 1. The van der Waals surface area contributed by atoms with E-state index in [1.807, 2.05) is 6.07 Å². The minimum atomic E-state index is -0.391. The third-order valence-electron chi connectivity index (χ3n) is 5.65. The van der Waals surface area contributed by atoms with Crippen molar-refractivity contribution in [3.63, 3.8) is 0 Å². The quantitative estimate of drug-likeness (QED) is 0.632. The first kappa shape index (κ1) is 19.8. The van der Waals surface area contributed by atoms with E-state index in [-0.39, 0.29) is 5.24 Å². The highest BCUT2D eigenvalue weighted by Crippen LogP contribution is 2.27. The van der Waals surface area contributed by atoms with Crippen molar-refractivity contribution < 1.29 is 9.59 Å². The summed E-state index contributed by atoms with van der Waals surface area (Å²) >= 11 is 0.882. The van der Waals surface area contributed by atoms with Crippen LogP contribution in [0, 0.1) is 0 Å². The van der Waals surface area contributed by atoms with Gasteiger partial charge in [0.05, 0.1) is 22.5 Å². The number of carbonyl (C=O) groups excluding carboxylic acids is 2. The Labute approximate surface area is 183 Å². The second-order valence-corrected chi connectivity index (χ2v) is 8.51. The molecule has 0 unspecified atom stereocenters. The first-order valence-corrected chi connectivity index (χ1v) is 11.1. The maximum Gasteiger partial charge on any atom is 0.290 e. The van der Waals surface area contributed by atoms with Gasteiger partial charge in [0.1, 0.15) is 0 Å². The standard InChI is InChI=1S/C22H22N6O2S/c1-2-26-9-11-27(12-10-26)17-6-3-15(4-7-17)18-14-23-20-8-5-16(25-28(18)20)13-19-21(29)24-22(30)31-19/h3-8,13-14H,2,9-12H2,1H3,(H,24,29,30). The summed E-state index contributed by atoms with van der Waals surface area (Å²) in [6.07, 6.45) is 3.42. The number of imide groups is 1. The number of imidazole rings is 1. The summed E-state index contributed by atoms with van der Waals surface area (Å²) in [4.78, 5) is 32.9. The monoisotopic (exact) mass is 434 g/mol. The summed E-state index contributed by atoms with van der Waals surface area (Å²) in [6.45, 7) is 7.57. The van der Waals surface area contributed by atoms with E-state index in [1.165, 1.54) is 5.69 Å². The second kappa shape index (κ2) is 8.16. The molecular weight excluding hydrogens is 412 g/mol. The number of piperazine rings is 1. The van der Waals surface area contributed by atoms with Gasteiger partial charge in [-0.2, -0.15) is 5.10 Å². The van der Waals surface area contributed by atoms with Gasteiger partial charge in [0, 0.05) is 37.4 Å². The fourth-order valence-corrected chi connectivity index (χ4v) is 4.55. The highest BCUT2D eigenvalue weighted by molar-refractivity contribution is 8.18. The van der Waals surface area contributed by atoms with Gasteiger partial charge in [-0.3, -0.25) is 14.9 Å². The predicted octanol–water partition coefficient (Wildman–Crippen LogP) is 2.86.